The first-order valence-corrected chi connectivity index (χ1v) is 41.0. The van der Waals surface area contributed by atoms with Gasteiger partial charge in [-0.3, -0.25) is 73.7 Å². The zero-order chi connectivity index (χ0) is 87.2. The summed E-state index contributed by atoms with van der Waals surface area (Å²) in [5.74, 6) is -3.10. The minimum absolute atomic E-state index is 0.00231. The molecule has 0 aliphatic carbocycles. The molecule has 10 rings (SSSR count). The van der Waals surface area contributed by atoms with Crippen molar-refractivity contribution in [1.82, 2.24) is 68.9 Å². The molecular formula is C81H106ClN23O16S. The molecule has 41 heteroatoms. The molecule has 2 aliphatic heterocycles. The van der Waals surface area contributed by atoms with E-state index in [0.717, 1.165) is 65.8 Å². The number of rotatable bonds is 47. The fourth-order valence-corrected chi connectivity index (χ4v) is 14.2. The molecule has 8 aromatic rings. The summed E-state index contributed by atoms with van der Waals surface area (Å²) < 4.78 is 47.5. The molecule has 6 aromatic heterocycles. The molecule has 9 amide bonds. The van der Waals surface area contributed by atoms with Gasteiger partial charge in [-0.05, 0) is 74.9 Å². The van der Waals surface area contributed by atoms with Crippen LogP contribution in [0.2, 0.25) is 5.02 Å². The van der Waals surface area contributed by atoms with E-state index in [1.54, 1.807) is 100 Å². The van der Waals surface area contributed by atoms with Crippen molar-refractivity contribution in [2.24, 2.45) is 40.2 Å². The molecular weight excluding hydrogens is 1620 g/mol. The van der Waals surface area contributed by atoms with Gasteiger partial charge in [-0.1, -0.05) is 23.7 Å². The van der Waals surface area contributed by atoms with Crippen molar-refractivity contribution in [2.75, 3.05) is 183 Å². The van der Waals surface area contributed by atoms with Gasteiger partial charge < -0.3 is 104 Å². The second-order valence-electron chi connectivity index (χ2n) is 28.6. The van der Waals surface area contributed by atoms with Crippen molar-refractivity contribution < 1.29 is 76.3 Å². The topological polar surface area (TPSA) is 460 Å². The number of piperazine rings is 1. The standard InChI is InChI=1S/C81H106ClN23O16S/c1-52-53(2)122-81-70(52)71(55-9-11-56(82)12-10-55)93-61(72(84)105(81)54(3)83)47-69(109)90-57-13-15-60(16-14-57)121-44-43-120-42-41-119-40-37-117-34-31-104-28-26-103(27-29-104)30-33-116-36-39-118-38-35-115-32-24-85-66(106)17-20-89-78(112)74-96-64(50-101(74)7)94-67(107)18-21-88-77(111)63-46-59(49-100(63)6)92-80(114)75-97-65(51-102(75)8)95-68(108)19-22-87-76(110)62-45-58(48-99(62)5)91-79(113)73-86-23-25-98(73)4/h9-16,23,25,45-46,48-51,61,83-84H,17-22,24,26-44,47H2,1-8H3,(H,85,106)(H,87,110)(H,88,111)(H,89,112)(H,90,109)(H,91,113)(H,92,114)(H,94,107)(H,95,108)/t61-/m0/s1. The summed E-state index contributed by atoms with van der Waals surface area (Å²) in [6.07, 6.45) is 8.73. The van der Waals surface area contributed by atoms with Gasteiger partial charge in [-0.15, -0.1) is 11.3 Å². The lowest BCUT2D eigenvalue weighted by Crippen LogP contribution is -2.48. The maximum absolute atomic E-state index is 13.5. The van der Waals surface area contributed by atoms with E-state index in [0.29, 0.717) is 107 Å². The Kier molecular flexibility index (Phi) is 35.0. The average molecular weight is 1730 g/mol. The van der Waals surface area contributed by atoms with Crippen molar-refractivity contribution in [3.8, 4) is 5.75 Å². The average Bonchev–Trinajstić information content (AvgIpc) is 1.60. The second-order valence-corrected chi connectivity index (χ2v) is 30.2. The Morgan fingerprint density at radius 1 is 0.500 bits per heavy atom. The van der Waals surface area contributed by atoms with Crippen LogP contribution in [0.4, 0.5) is 33.7 Å². The lowest BCUT2D eigenvalue weighted by Gasteiger charge is -2.34. The smallest absolute Gasteiger partial charge is 0.291 e. The second kappa shape index (κ2) is 46.2. The van der Waals surface area contributed by atoms with Crippen molar-refractivity contribution in [2.45, 2.75) is 52.5 Å². The Morgan fingerprint density at radius 3 is 1.48 bits per heavy atom. The number of nitrogens with one attached hydrogen (secondary N) is 11. The first-order chi connectivity index (χ1) is 58.7. The van der Waals surface area contributed by atoms with Gasteiger partial charge in [0.1, 0.15) is 46.5 Å². The normalized spacial score (nSPS) is 13.5. The third-order valence-electron chi connectivity index (χ3n) is 19.4. The highest BCUT2D eigenvalue weighted by Crippen LogP contribution is 2.40. The number of benzene rings is 2. The number of carbonyl (C=O) groups excluding carboxylic acids is 9. The highest BCUT2D eigenvalue weighted by molar-refractivity contribution is 7.17. The number of anilines is 6. The molecule has 2 aromatic carbocycles. The van der Waals surface area contributed by atoms with Crippen LogP contribution >= 0.6 is 22.9 Å². The van der Waals surface area contributed by atoms with Crippen LogP contribution in [0.3, 0.4) is 0 Å². The number of nitrogens with zero attached hydrogens (tertiary/aromatic N) is 12. The fraction of sp³-hybridized carbons (Fsp3) is 0.444. The summed E-state index contributed by atoms with van der Waals surface area (Å²) >= 11 is 7.73. The Bertz CT molecular complexity index is 4980. The summed E-state index contributed by atoms with van der Waals surface area (Å²) in [4.78, 5) is 141. The van der Waals surface area contributed by atoms with Crippen LogP contribution in [0.15, 0.2) is 103 Å². The number of ether oxygens (including phenoxy) is 7. The van der Waals surface area contributed by atoms with Gasteiger partial charge in [0.15, 0.2) is 17.5 Å². The molecule has 8 heterocycles. The molecule has 11 N–H and O–H groups in total. The van der Waals surface area contributed by atoms with Crippen LogP contribution in [-0.4, -0.2) is 276 Å². The van der Waals surface area contributed by atoms with E-state index in [1.807, 2.05) is 26.0 Å². The minimum atomic E-state index is -0.853. The number of halogens is 1. The summed E-state index contributed by atoms with van der Waals surface area (Å²) in [7, 11) is 8.05. The predicted octanol–water partition coefficient (Wildman–Crippen LogP) is 4.98. The van der Waals surface area contributed by atoms with Gasteiger partial charge >= 0.3 is 0 Å². The number of imidazole rings is 3. The highest BCUT2D eigenvalue weighted by atomic mass is 35.5. The maximum atomic E-state index is 13.5. The van der Waals surface area contributed by atoms with E-state index >= 15 is 0 Å². The van der Waals surface area contributed by atoms with Crippen LogP contribution in [0.25, 0.3) is 0 Å². The van der Waals surface area contributed by atoms with Gasteiger partial charge in [-0.25, -0.2) is 15.0 Å². The highest BCUT2D eigenvalue weighted by Gasteiger charge is 2.35. The number of carbonyl (C=O) groups is 9. The van der Waals surface area contributed by atoms with Gasteiger partial charge in [0.25, 0.3) is 29.5 Å². The Morgan fingerprint density at radius 2 is 0.975 bits per heavy atom. The molecule has 2 aliphatic rings. The molecule has 39 nitrogen and oxygen atoms in total. The van der Waals surface area contributed by atoms with Crippen LogP contribution < -0.4 is 57.5 Å². The van der Waals surface area contributed by atoms with Crippen molar-refractivity contribution in [1.29, 1.82) is 10.8 Å². The van der Waals surface area contributed by atoms with E-state index < -0.39 is 47.4 Å². The molecule has 0 saturated carbocycles. The van der Waals surface area contributed by atoms with E-state index in [4.69, 9.17) is 55.2 Å². The number of aromatic nitrogens is 8. The lowest BCUT2D eigenvalue weighted by molar-refractivity contribution is -0.121. The Balaban J connectivity index is 0.476. The molecule has 1 atom stereocenters. The van der Waals surface area contributed by atoms with Crippen LogP contribution in [-0.2, 0) is 82.8 Å². The van der Waals surface area contributed by atoms with E-state index in [9.17, 15) is 48.6 Å². The molecule has 1 saturated heterocycles. The van der Waals surface area contributed by atoms with Crippen molar-refractivity contribution in [3.05, 3.63) is 153 Å². The van der Waals surface area contributed by atoms with E-state index in [-0.39, 0.29) is 128 Å². The number of fused-ring (bicyclic) bond motifs is 1. The SMILES string of the molecule is CC(=N)N1C(=N)[C@H](CC(=O)Nc2ccc(OCCOCCOCCOCCN3CCN(CCOCCOCCOCCNC(=O)CCNC(=O)c4nc(NC(=O)CCNC(=O)c5cc(NC(=O)c6nc(NC(=O)CCNC(=O)c7cc(NC(=O)c8nccn8C)cn7C)cn6C)cn5C)cn4C)CC3)cc2)N=C(c2ccc(Cl)cc2)c2c1sc(C)c2C. The number of amidine groups is 2. The zero-order valence-electron chi connectivity index (χ0n) is 69.6. The van der Waals surface area contributed by atoms with E-state index in [2.05, 4.69) is 72.6 Å². The Hall–Kier alpha value is -11.9. The van der Waals surface area contributed by atoms with E-state index in [1.165, 1.54) is 66.5 Å². The maximum Gasteiger partial charge on any atom is 0.291 e. The van der Waals surface area contributed by atoms with Crippen molar-refractivity contribution in [3.63, 3.8) is 0 Å². The lowest BCUT2D eigenvalue weighted by atomic mass is 9.99. The number of thiophene rings is 1. The van der Waals surface area contributed by atoms with Gasteiger partial charge in [-0.2, -0.15) is 0 Å². The van der Waals surface area contributed by atoms with Crippen molar-refractivity contribution >= 4 is 127 Å². The largest absolute Gasteiger partial charge is 0.491 e. The molecule has 122 heavy (non-hydrogen) atoms. The first kappa shape index (κ1) is 92.4. The Labute approximate surface area is 714 Å². The van der Waals surface area contributed by atoms with Gasteiger partial charge in [0, 0.05) is 184 Å². The third-order valence-corrected chi connectivity index (χ3v) is 20.8. The number of hydrogen-bond acceptors (Lipinski definition) is 25. The number of aliphatic imine (C=N–C) groups is 1. The number of aryl methyl sites for hydroxylation is 6. The van der Waals surface area contributed by atoms with Gasteiger partial charge in [0.2, 0.25) is 35.3 Å². The van der Waals surface area contributed by atoms with Crippen LogP contribution in [0.5, 0.6) is 5.75 Å². The molecule has 654 valence electrons. The first-order valence-electron chi connectivity index (χ1n) is 39.8. The summed E-state index contributed by atoms with van der Waals surface area (Å²) in [6.45, 7) is 16.9. The number of amides is 9. The molecule has 0 radical (unpaired) electrons. The quantitative estimate of drug-likeness (QED) is 0.0136. The van der Waals surface area contributed by atoms with Gasteiger partial charge in [0.05, 0.1) is 103 Å². The summed E-state index contributed by atoms with van der Waals surface area (Å²) in [5.41, 5.74) is 4.94. The minimum Gasteiger partial charge on any atom is -0.491 e. The fourth-order valence-electron chi connectivity index (χ4n) is 12.9. The molecule has 1 fully saturated rings. The molecule has 0 unspecified atom stereocenters. The summed E-state index contributed by atoms with van der Waals surface area (Å²) in [5, 5.41) is 43.4. The number of hydrogen-bond donors (Lipinski definition) is 11. The third kappa shape index (κ3) is 27.6. The molecule has 0 bridgehead atoms. The van der Waals surface area contributed by atoms with Crippen LogP contribution in [0.1, 0.15) is 107 Å². The predicted molar refractivity (Wildman–Crippen MR) is 459 cm³/mol. The zero-order valence-corrected chi connectivity index (χ0v) is 71.2. The monoisotopic (exact) mass is 1720 g/mol. The summed E-state index contributed by atoms with van der Waals surface area (Å²) in [6, 6.07) is 16.5. The van der Waals surface area contributed by atoms with Crippen LogP contribution in [0, 0.1) is 24.7 Å². The molecule has 0 spiro atoms.